The van der Waals surface area contributed by atoms with E-state index in [1.54, 1.807) is 12.4 Å². The van der Waals surface area contributed by atoms with Gasteiger partial charge in [0.15, 0.2) is 0 Å². The van der Waals surface area contributed by atoms with Crippen LogP contribution in [0.25, 0.3) is 0 Å². The number of nitrogens with one attached hydrogen (secondary N) is 4. The SMILES string of the molecule is c1cc(N2N(c3ncc[nH]3)N(N3CCOCC3)N(N3CCNCC3)C2(c2cn[nH]n2)N2CCCCC2)[nH]n1. The third-order valence-corrected chi connectivity index (χ3v) is 7.65. The Bertz CT molecular complexity index is 1120. The molecule has 1 unspecified atom stereocenters. The Labute approximate surface area is 220 Å². The Kier molecular flexibility index (Phi) is 6.44. The molecule has 0 spiro atoms. The Morgan fingerprint density at radius 1 is 0.895 bits per heavy atom. The highest BCUT2D eigenvalue weighted by Crippen LogP contribution is 2.49. The molecule has 16 nitrogen and oxygen atoms in total. The zero-order valence-electron chi connectivity index (χ0n) is 21.4. The number of aromatic amines is 3. The number of nitrogens with zero attached hydrogens (tertiary/aromatic N) is 11. The highest BCUT2D eigenvalue weighted by Gasteiger charge is 2.67. The zero-order valence-corrected chi connectivity index (χ0v) is 21.4. The molecule has 1 atom stereocenters. The maximum absolute atomic E-state index is 5.79. The Morgan fingerprint density at radius 3 is 2.42 bits per heavy atom. The van der Waals surface area contributed by atoms with Gasteiger partial charge in [0.1, 0.15) is 11.5 Å². The maximum atomic E-state index is 5.79. The van der Waals surface area contributed by atoms with Gasteiger partial charge in [0.2, 0.25) is 11.7 Å². The van der Waals surface area contributed by atoms with Gasteiger partial charge in [-0.3, -0.25) is 10.00 Å². The summed E-state index contributed by atoms with van der Waals surface area (Å²) in [6.45, 7) is 7.98. The van der Waals surface area contributed by atoms with Crippen LogP contribution in [0.5, 0.6) is 0 Å². The molecule has 0 aliphatic carbocycles. The number of morpholine rings is 1. The van der Waals surface area contributed by atoms with Crippen LogP contribution in [-0.4, -0.2) is 126 Å². The van der Waals surface area contributed by atoms with Crippen molar-refractivity contribution in [1.29, 1.82) is 0 Å². The van der Waals surface area contributed by atoms with Gasteiger partial charge >= 0.3 is 0 Å². The van der Waals surface area contributed by atoms with E-state index in [4.69, 9.17) is 14.8 Å². The first-order valence-electron chi connectivity index (χ1n) is 13.5. The van der Waals surface area contributed by atoms with Crippen molar-refractivity contribution in [2.24, 2.45) is 0 Å². The Hall–Kier alpha value is -3.12. The third kappa shape index (κ3) is 3.79. The minimum atomic E-state index is -0.900. The molecule has 3 aromatic heterocycles. The summed E-state index contributed by atoms with van der Waals surface area (Å²) in [4.78, 5) is 10.6. The summed E-state index contributed by atoms with van der Waals surface area (Å²) in [7, 11) is 0. The number of ether oxygens (including phenoxy) is 1. The van der Waals surface area contributed by atoms with Gasteiger partial charge in [-0.1, -0.05) is 11.5 Å². The second-order valence-electron chi connectivity index (χ2n) is 9.82. The molecule has 0 bridgehead atoms. The fourth-order valence-corrected chi connectivity index (χ4v) is 6.01. The molecule has 4 fully saturated rings. The highest BCUT2D eigenvalue weighted by atomic mass is 16.5. The first-order valence-corrected chi connectivity index (χ1v) is 13.5. The lowest BCUT2D eigenvalue weighted by atomic mass is 10.1. The van der Waals surface area contributed by atoms with Crippen molar-refractivity contribution in [3.63, 3.8) is 0 Å². The first kappa shape index (κ1) is 24.0. The van der Waals surface area contributed by atoms with Crippen molar-refractivity contribution in [3.8, 4) is 0 Å². The van der Waals surface area contributed by atoms with Crippen LogP contribution in [0.15, 0.2) is 30.9 Å². The standard InChI is InChI=1S/C22H35N15O/c1-2-10-31(11-3-1)22(19-18-27-30-28-19)34(20-4-5-26-29-20)35(21-24-6-7-25-21)37(33-14-16-38-17-15-33)36(22)32-12-8-23-9-13-32/h4-7,18,23H,1-3,8-17H2,(H,24,25)(H,26,29)(H,27,28,30). The van der Waals surface area contributed by atoms with E-state index in [9.17, 15) is 0 Å². The predicted octanol–water partition coefficient (Wildman–Crippen LogP) is -0.710. The summed E-state index contributed by atoms with van der Waals surface area (Å²) < 4.78 is 5.79. The quantitative estimate of drug-likeness (QED) is 0.322. The number of piperidine rings is 1. The second-order valence-corrected chi connectivity index (χ2v) is 9.82. The van der Waals surface area contributed by atoms with E-state index in [-0.39, 0.29) is 0 Å². The van der Waals surface area contributed by atoms with Gasteiger partial charge in [-0.05, 0) is 18.1 Å². The molecule has 0 aromatic carbocycles. The van der Waals surface area contributed by atoms with Crippen LogP contribution >= 0.6 is 0 Å². The average Bonchev–Trinajstić information content (AvgIpc) is 3.80. The number of hydrogen-bond donors (Lipinski definition) is 4. The maximum Gasteiger partial charge on any atom is 0.249 e. The normalized spacial score (nSPS) is 27.5. The van der Waals surface area contributed by atoms with E-state index >= 15 is 0 Å². The van der Waals surface area contributed by atoms with Gasteiger partial charge in [0, 0.05) is 70.8 Å². The molecule has 0 radical (unpaired) electrons. The minimum Gasteiger partial charge on any atom is -0.379 e. The van der Waals surface area contributed by atoms with Gasteiger partial charge in [0.05, 0.1) is 25.6 Å². The van der Waals surface area contributed by atoms with Crippen LogP contribution in [0.2, 0.25) is 0 Å². The van der Waals surface area contributed by atoms with Gasteiger partial charge in [0.25, 0.3) is 0 Å². The molecule has 3 aromatic rings. The number of likely N-dealkylation sites (tertiary alicyclic amines) is 1. The van der Waals surface area contributed by atoms with E-state index < -0.39 is 5.79 Å². The first-order chi connectivity index (χ1) is 18.9. The predicted molar refractivity (Wildman–Crippen MR) is 136 cm³/mol. The number of rotatable bonds is 6. The highest BCUT2D eigenvalue weighted by molar-refractivity contribution is 5.52. The van der Waals surface area contributed by atoms with E-state index in [1.807, 2.05) is 18.5 Å². The summed E-state index contributed by atoms with van der Waals surface area (Å²) in [6, 6.07) is 1.99. The molecule has 4 N–H and O–H groups in total. The van der Waals surface area contributed by atoms with Crippen molar-refractivity contribution in [2.45, 2.75) is 25.0 Å². The lowest BCUT2D eigenvalue weighted by Gasteiger charge is -2.52. The van der Waals surface area contributed by atoms with Crippen LogP contribution in [0.4, 0.5) is 11.8 Å². The van der Waals surface area contributed by atoms with Crippen LogP contribution in [0.3, 0.4) is 0 Å². The lowest BCUT2D eigenvalue weighted by Crippen LogP contribution is -2.72. The molecule has 4 aliphatic rings. The number of H-pyrrole nitrogens is 3. The molecule has 7 heterocycles. The molecule has 204 valence electrons. The summed E-state index contributed by atoms with van der Waals surface area (Å²) in [6.07, 6.45) is 10.7. The molecule has 7 rings (SSSR count). The molecular formula is C22H35N15O. The van der Waals surface area contributed by atoms with E-state index in [0.717, 1.165) is 76.7 Å². The van der Waals surface area contributed by atoms with Crippen LogP contribution in [0, 0.1) is 0 Å². The monoisotopic (exact) mass is 525 g/mol. The third-order valence-electron chi connectivity index (χ3n) is 7.65. The van der Waals surface area contributed by atoms with Crippen LogP contribution in [0.1, 0.15) is 25.0 Å². The molecule has 4 saturated heterocycles. The lowest BCUT2D eigenvalue weighted by molar-refractivity contribution is -0.330. The van der Waals surface area contributed by atoms with Crippen molar-refractivity contribution in [3.05, 3.63) is 36.5 Å². The number of anilines is 2. The number of hydrogen-bond acceptors (Lipinski definition) is 13. The summed E-state index contributed by atoms with van der Waals surface area (Å²) in [5.41, 5.74) is 0.792. The molecule has 4 aliphatic heterocycles. The zero-order chi connectivity index (χ0) is 25.4. The fourth-order valence-electron chi connectivity index (χ4n) is 6.01. The van der Waals surface area contributed by atoms with Crippen molar-refractivity contribution in [2.75, 3.05) is 75.7 Å². The van der Waals surface area contributed by atoms with Gasteiger partial charge in [-0.2, -0.15) is 20.5 Å². The molecule has 38 heavy (non-hydrogen) atoms. The van der Waals surface area contributed by atoms with Crippen molar-refractivity contribution >= 4 is 11.8 Å². The van der Waals surface area contributed by atoms with Crippen molar-refractivity contribution < 1.29 is 4.74 Å². The van der Waals surface area contributed by atoms with Crippen LogP contribution < -0.4 is 15.4 Å². The molecule has 0 amide bonds. The average molecular weight is 526 g/mol. The summed E-state index contributed by atoms with van der Waals surface area (Å²) >= 11 is 0. The minimum absolute atomic E-state index is 0.641. The number of piperazine rings is 1. The van der Waals surface area contributed by atoms with E-state index in [0.29, 0.717) is 19.2 Å². The van der Waals surface area contributed by atoms with Gasteiger partial charge in [-0.25, -0.2) is 20.0 Å². The van der Waals surface area contributed by atoms with Gasteiger partial charge < -0.3 is 15.0 Å². The second kappa shape index (κ2) is 10.2. The molecular weight excluding hydrogens is 490 g/mol. The van der Waals surface area contributed by atoms with E-state index in [2.05, 4.69) is 66.2 Å². The van der Waals surface area contributed by atoms with E-state index in [1.165, 1.54) is 6.42 Å². The van der Waals surface area contributed by atoms with Crippen molar-refractivity contribution in [1.82, 2.24) is 66.2 Å². The fraction of sp³-hybridized carbons (Fsp3) is 0.636. The number of aromatic nitrogens is 7. The van der Waals surface area contributed by atoms with Crippen LogP contribution in [-0.2, 0) is 10.5 Å². The van der Waals surface area contributed by atoms with Gasteiger partial charge in [-0.15, -0.1) is 5.12 Å². The summed E-state index contributed by atoms with van der Waals surface area (Å²) in [5, 5.41) is 36.8. The molecule has 16 heteroatoms. The topological polar surface area (TPSA) is 143 Å². The molecule has 0 saturated carbocycles. The largest absolute Gasteiger partial charge is 0.379 e. The smallest absolute Gasteiger partial charge is 0.249 e. The number of imidazole rings is 1. The Morgan fingerprint density at radius 2 is 1.74 bits per heavy atom. The summed E-state index contributed by atoms with van der Waals surface area (Å²) in [5.74, 6) is 0.585. The number of hydrazine groups is 5. The Balaban J connectivity index is 1.51.